The maximum atomic E-state index is 12.9. The number of hydrogen-bond acceptors (Lipinski definition) is 13. The molecule has 1 amide bonds. The van der Waals surface area contributed by atoms with Gasteiger partial charge in [-0.3, -0.25) is 5.32 Å². The fourth-order valence-corrected chi connectivity index (χ4v) is 11.4. The first kappa shape index (κ1) is 51.1. The minimum Gasteiger partial charge on any atom is -0.550 e. The van der Waals surface area contributed by atoms with Crippen molar-refractivity contribution in [1.82, 2.24) is 0 Å². The number of aliphatic hydroxyl groups is 2. The summed E-state index contributed by atoms with van der Waals surface area (Å²) >= 11 is 0. The van der Waals surface area contributed by atoms with Crippen molar-refractivity contribution < 1.29 is 92.4 Å². The van der Waals surface area contributed by atoms with Crippen LogP contribution in [0.4, 0.5) is 10.5 Å². The van der Waals surface area contributed by atoms with Gasteiger partial charge in [-0.2, -0.15) is 0 Å². The normalized spacial score (nSPS) is 40.0. The van der Waals surface area contributed by atoms with Crippen molar-refractivity contribution in [2.24, 2.45) is 35.5 Å². The van der Waals surface area contributed by atoms with Crippen LogP contribution in [0.1, 0.15) is 107 Å². The number of carbonyl (C=O) groups is 2. The molecule has 2 aromatic carbocycles. The zero-order valence-corrected chi connectivity index (χ0v) is 41.5. The van der Waals surface area contributed by atoms with Crippen LogP contribution in [0.25, 0.3) is 0 Å². The third-order valence-electron chi connectivity index (χ3n) is 15.3. The van der Waals surface area contributed by atoms with E-state index in [1.807, 2.05) is 51.1 Å². The van der Waals surface area contributed by atoms with E-state index < -0.39 is 65.2 Å². The largest absolute Gasteiger partial charge is 1.00 e. The molecular formula is C49H70NNaO13. The Morgan fingerprint density at radius 1 is 0.938 bits per heavy atom. The SMILES string of the molecule is CC[C@@]1([C@@H]2O[C@@H]([C@H]3O[C@@](O)(COC(=O)Nc4ccc(Oc5ccccc5)cc4)[C@H](C)C[C@@H]3C)C[C@@H]2C)CC[C@H]([C@]2(C)CC[C@]3(C[C@H](O)[C@@H](C)[C@@H]([C@@H](C)[C@@H](OC)[C@@H](C)C(=O)[O-])O3)O2)O1.[Na+]. The maximum absolute atomic E-state index is 12.9. The molecule has 3 N–H and O–H groups in total. The second kappa shape index (κ2) is 20.5. The summed E-state index contributed by atoms with van der Waals surface area (Å²) < 4.78 is 51.5. The molecule has 350 valence electrons. The standard InChI is InChI=1S/C49H71NO13.Na/c1-10-47(21-20-39(60-47)46(8)22-23-48(63-46)26-37(51)31(5)42(61-48)32(6)41(56-9)33(7)44(52)53)43-29(3)25-38(59-43)40-28(2)24-30(4)49(55,62-40)27-57-45(54)50-34-16-18-36(19-17-34)58-35-14-12-11-13-15-35;/h11-19,28-33,37-43,51,55H,10,20-27H2,1-9H3,(H,50,54)(H,52,53);/q;+1/p-1/t28-,29-,30+,31+,32-,33+,37-,38+,39+,40-,41+,42-,43+,46-,47-,48+,49-;/m0./s1. The molecule has 5 aliphatic rings. The van der Waals surface area contributed by atoms with Crippen LogP contribution in [-0.2, 0) is 38.0 Å². The number of nitrogens with one attached hydrogen (secondary N) is 1. The Bertz CT molecular complexity index is 1880. The number of aliphatic carboxylic acids is 1. The minimum atomic E-state index is -1.71. The molecule has 15 heteroatoms. The molecule has 14 nitrogen and oxygen atoms in total. The van der Waals surface area contributed by atoms with Gasteiger partial charge in [-0.25, -0.2) is 4.79 Å². The predicted octanol–water partition coefficient (Wildman–Crippen LogP) is 3.99. The van der Waals surface area contributed by atoms with Crippen molar-refractivity contribution in [2.75, 3.05) is 19.0 Å². The summed E-state index contributed by atoms with van der Waals surface area (Å²) in [5, 5.41) is 37.8. The Morgan fingerprint density at radius 3 is 2.28 bits per heavy atom. The number of benzene rings is 2. The van der Waals surface area contributed by atoms with Crippen LogP contribution >= 0.6 is 0 Å². The molecule has 5 fully saturated rings. The van der Waals surface area contributed by atoms with E-state index in [2.05, 4.69) is 33.0 Å². The van der Waals surface area contributed by atoms with Crippen LogP contribution in [0.5, 0.6) is 11.5 Å². The number of amides is 1. The average Bonchev–Trinajstić information content (AvgIpc) is 3.97. The summed E-state index contributed by atoms with van der Waals surface area (Å²) in [4.78, 5) is 24.8. The molecule has 5 heterocycles. The summed E-state index contributed by atoms with van der Waals surface area (Å²) in [6.07, 6.45) is 1.28. The van der Waals surface area contributed by atoms with E-state index in [1.165, 1.54) is 7.11 Å². The van der Waals surface area contributed by atoms with Gasteiger partial charge in [0.2, 0.25) is 5.79 Å². The second-order valence-corrected chi connectivity index (χ2v) is 19.8. The van der Waals surface area contributed by atoms with Gasteiger partial charge < -0.3 is 58.0 Å². The third-order valence-corrected chi connectivity index (χ3v) is 15.3. The Labute approximate surface area is 401 Å². The van der Waals surface area contributed by atoms with E-state index >= 15 is 0 Å². The van der Waals surface area contributed by atoms with Gasteiger partial charge in [0.15, 0.2) is 5.79 Å². The summed E-state index contributed by atoms with van der Waals surface area (Å²) in [5.41, 5.74) is -0.769. The Balaban J connectivity index is 0.00000680. The zero-order chi connectivity index (χ0) is 45.5. The number of carboxylic acid groups (broad SMARTS) is 1. The second-order valence-electron chi connectivity index (χ2n) is 19.8. The summed E-state index contributed by atoms with van der Waals surface area (Å²) in [6, 6.07) is 16.4. The van der Waals surface area contributed by atoms with Crippen LogP contribution < -0.4 is 44.7 Å². The average molecular weight is 904 g/mol. The number of methoxy groups -OCH3 is 1. The molecule has 0 unspecified atom stereocenters. The van der Waals surface area contributed by atoms with Crippen molar-refractivity contribution >= 4 is 17.7 Å². The van der Waals surface area contributed by atoms with E-state index in [9.17, 15) is 24.9 Å². The topological polar surface area (TPSA) is 184 Å². The molecule has 0 aliphatic carbocycles. The van der Waals surface area contributed by atoms with Crippen molar-refractivity contribution in [1.29, 1.82) is 0 Å². The van der Waals surface area contributed by atoms with Gasteiger partial charge in [0, 0.05) is 55.3 Å². The smallest absolute Gasteiger partial charge is 0.550 e. The molecule has 0 bridgehead atoms. The molecule has 64 heavy (non-hydrogen) atoms. The first-order chi connectivity index (χ1) is 29.8. The molecular weight excluding hydrogens is 834 g/mol. The fourth-order valence-electron chi connectivity index (χ4n) is 11.4. The molecule has 0 aromatic heterocycles. The minimum absolute atomic E-state index is 0. The molecule has 7 rings (SSSR count). The fraction of sp³-hybridized carbons (Fsp3) is 0.714. The summed E-state index contributed by atoms with van der Waals surface area (Å²) in [5.74, 6) is -4.24. The van der Waals surface area contributed by atoms with Crippen molar-refractivity contribution in [3.63, 3.8) is 0 Å². The van der Waals surface area contributed by atoms with Gasteiger partial charge in [-0.05, 0) is 93.7 Å². The van der Waals surface area contributed by atoms with E-state index in [0.717, 1.165) is 19.3 Å². The first-order valence-corrected chi connectivity index (χ1v) is 23.1. The van der Waals surface area contributed by atoms with Crippen LogP contribution in [-0.4, -0.2) is 101 Å². The number of ether oxygens (including phenoxy) is 8. The Morgan fingerprint density at radius 2 is 1.62 bits per heavy atom. The number of anilines is 1. The van der Waals surface area contributed by atoms with Crippen molar-refractivity contribution in [2.45, 2.75) is 172 Å². The van der Waals surface area contributed by atoms with Crippen LogP contribution in [0.3, 0.4) is 0 Å². The number of rotatable bonds is 14. The van der Waals surface area contributed by atoms with Gasteiger partial charge in [0.05, 0.1) is 53.9 Å². The van der Waals surface area contributed by atoms with E-state index in [4.69, 9.17) is 37.9 Å². The number of aliphatic hydroxyl groups excluding tert-OH is 1. The molecule has 1 spiro atoms. The molecule has 5 aliphatic heterocycles. The molecule has 2 aromatic rings. The maximum Gasteiger partial charge on any atom is 1.00 e. The molecule has 0 radical (unpaired) electrons. The molecule has 5 saturated heterocycles. The zero-order valence-electron chi connectivity index (χ0n) is 39.5. The number of carboxylic acids is 1. The number of hydrogen-bond donors (Lipinski definition) is 3. The predicted molar refractivity (Wildman–Crippen MR) is 231 cm³/mol. The Hall–Kier alpha value is -2.34. The molecule has 0 saturated carbocycles. The Kier molecular flexibility index (Phi) is 16.3. The van der Waals surface area contributed by atoms with E-state index in [1.54, 1.807) is 31.2 Å². The third kappa shape index (κ3) is 10.5. The van der Waals surface area contributed by atoms with Gasteiger partial charge in [-0.1, -0.05) is 66.7 Å². The van der Waals surface area contributed by atoms with Gasteiger partial charge in [-0.15, -0.1) is 0 Å². The van der Waals surface area contributed by atoms with Gasteiger partial charge >= 0.3 is 35.7 Å². The summed E-state index contributed by atoms with van der Waals surface area (Å²) in [7, 11) is 1.49. The van der Waals surface area contributed by atoms with E-state index in [0.29, 0.717) is 49.3 Å². The monoisotopic (exact) mass is 903 g/mol. The quantitative estimate of drug-likeness (QED) is 0.232. The summed E-state index contributed by atoms with van der Waals surface area (Å²) in [6.45, 7) is 15.5. The number of para-hydroxylation sites is 1. The van der Waals surface area contributed by atoms with Gasteiger partial charge in [0.1, 0.15) is 18.1 Å². The van der Waals surface area contributed by atoms with Crippen LogP contribution in [0.15, 0.2) is 54.6 Å². The van der Waals surface area contributed by atoms with Crippen molar-refractivity contribution in [3.05, 3.63) is 54.6 Å². The molecule has 17 atom stereocenters. The van der Waals surface area contributed by atoms with Crippen molar-refractivity contribution in [3.8, 4) is 11.5 Å². The van der Waals surface area contributed by atoms with Crippen LogP contribution in [0, 0.1) is 35.5 Å². The van der Waals surface area contributed by atoms with E-state index in [-0.39, 0.29) is 84.1 Å². The number of carbonyl (C=O) groups excluding carboxylic acids is 2. The van der Waals surface area contributed by atoms with Gasteiger partial charge in [0.25, 0.3) is 0 Å². The first-order valence-electron chi connectivity index (χ1n) is 23.1. The van der Waals surface area contributed by atoms with Crippen LogP contribution in [0.2, 0.25) is 0 Å².